The Balaban J connectivity index is 1.44. The van der Waals surface area contributed by atoms with Crippen LogP contribution in [-0.2, 0) is 17.8 Å². The van der Waals surface area contributed by atoms with Crippen molar-refractivity contribution in [3.8, 4) is 5.75 Å². The number of ether oxygens (including phenoxy) is 1. The molecule has 0 saturated heterocycles. The van der Waals surface area contributed by atoms with Crippen LogP contribution in [0.5, 0.6) is 5.75 Å². The Morgan fingerprint density at radius 3 is 2.76 bits per heavy atom. The third-order valence-electron chi connectivity index (χ3n) is 6.53. The average Bonchev–Trinajstić information content (AvgIpc) is 3.22. The van der Waals surface area contributed by atoms with Crippen LogP contribution < -0.4 is 10.1 Å². The van der Waals surface area contributed by atoms with E-state index >= 15 is 0 Å². The molecule has 0 aliphatic heterocycles. The molecule has 4 rings (SSSR count). The minimum atomic E-state index is -0.138. The van der Waals surface area contributed by atoms with Crippen molar-refractivity contribution in [3.05, 3.63) is 72.6 Å². The molecule has 1 unspecified atom stereocenters. The summed E-state index contributed by atoms with van der Waals surface area (Å²) in [7, 11) is 0. The molecule has 33 heavy (non-hydrogen) atoms. The molecule has 0 bridgehead atoms. The van der Waals surface area contributed by atoms with Crippen molar-refractivity contribution >= 4 is 16.9 Å². The summed E-state index contributed by atoms with van der Waals surface area (Å²) in [4.78, 5) is 17.7. The molecule has 3 aromatic rings. The van der Waals surface area contributed by atoms with E-state index in [1.54, 1.807) is 0 Å². The van der Waals surface area contributed by atoms with Gasteiger partial charge in [-0.3, -0.25) is 4.79 Å². The second-order valence-corrected chi connectivity index (χ2v) is 8.98. The fraction of sp³-hybridized carbons (Fsp3) is 0.429. The van der Waals surface area contributed by atoms with E-state index in [1.807, 2.05) is 49.4 Å². The zero-order valence-electron chi connectivity index (χ0n) is 19.6. The van der Waals surface area contributed by atoms with Gasteiger partial charge in [-0.2, -0.15) is 0 Å². The third kappa shape index (κ3) is 5.65. The summed E-state index contributed by atoms with van der Waals surface area (Å²) in [6.07, 6.45) is 9.09. The number of hydrogen-bond acceptors (Lipinski definition) is 3. The van der Waals surface area contributed by atoms with Gasteiger partial charge in [-0.15, -0.1) is 6.58 Å². The van der Waals surface area contributed by atoms with Crippen LogP contribution in [0.3, 0.4) is 0 Å². The van der Waals surface area contributed by atoms with Gasteiger partial charge in [0.1, 0.15) is 11.6 Å². The van der Waals surface area contributed by atoms with Crippen molar-refractivity contribution in [1.82, 2.24) is 14.9 Å². The zero-order chi connectivity index (χ0) is 23.0. The van der Waals surface area contributed by atoms with Gasteiger partial charge >= 0.3 is 0 Å². The molecule has 1 atom stereocenters. The summed E-state index contributed by atoms with van der Waals surface area (Å²) in [6.45, 7) is 7.27. The number of fused-ring (bicyclic) bond motifs is 1. The van der Waals surface area contributed by atoms with Gasteiger partial charge in [0.15, 0.2) is 0 Å². The number of nitrogens with zero attached hydrogens (tertiary/aromatic N) is 2. The van der Waals surface area contributed by atoms with Crippen molar-refractivity contribution in [2.24, 2.45) is 5.92 Å². The highest BCUT2D eigenvalue weighted by Gasteiger charge is 2.24. The SMILES string of the molecule is C=CCc1ccccc1OCCCn1c(C(C)NC(=O)C2CCCCC2)nc2ccccc21. The minimum absolute atomic E-state index is 0.138. The topological polar surface area (TPSA) is 56.1 Å². The van der Waals surface area contributed by atoms with E-state index in [2.05, 4.69) is 28.6 Å². The molecule has 0 radical (unpaired) electrons. The molecular formula is C28H35N3O2. The lowest BCUT2D eigenvalue weighted by Crippen LogP contribution is -2.35. The van der Waals surface area contributed by atoms with Gasteiger partial charge in [0.25, 0.3) is 0 Å². The minimum Gasteiger partial charge on any atom is -0.493 e. The molecular weight excluding hydrogens is 410 g/mol. The largest absolute Gasteiger partial charge is 0.493 e. The smallest absolute Gasteiger partial charge is 0.223 e. The molecule has 2 aromatic carbocycles. The number of rotatable bonds is 10. The quantitative estimate of drug-likeness (QED) is 0.308. The van der Waals surface area contributed by atoms with Gasteiger partial charge in [-0.05, 0) is 56.4 Å². The zero-order valence-corrected chi connectivity index (χ0v) is 19.6. The summed E-state index contributed by atoms with van der Waals surface area (Å²) in [5.41, 5.74) is 3.21. The van der Waals surface area contributed by atoms with E-state index in [-0.39, 0.29) is 17.9 Å². The van der Waals surface area contributed by atoms with Crippen LogP contribution in [-0.4, -0.2) is 22.1 Å². The number of amides is 1. The van der Waals surface area contributed by atoms with Crippen molar-refractivity contribution < 1.29 is 9.53 Å². The number of allylic oxidation sites excluding steroid dienone is 1. The normalized spacial score (nSPS) is 15.3. The molecule has 5 nitrogen and oxygen atoms in total. The van der Waals surface area contributed by atoms with E-state index < -0.39 is 0 Å². The summed E-state index contributed by atoms with van der Waals surface area (Å²) in [6, 6.07) is 16.2. The van der Waals surface area contributed by atoms with E-state index in [1.165, 1.54) is 6.42 Å². The van der Waals surface area contributed by atoms with Crippen LogP contribution in [0.2, 0.25) is 0 Å². The van der Waals surface area contributed by atoms with Crippen molar-refractivity contribution in [1.29, 1.82) is 0 Å². The summed E-state index contributed by atoms with van der Waals surface area (Å²) in [5, 5.41) is 3.24. The predicted octanol–water partition coefficient (Wildman–Crippen LogP) is 5.99. The first-order valence-electron chi connectivity index (χ1n) is 12.2. The Hall–Kier alpha value is -3.08. The number of nitrogens with one attached hydrogen (secondary N) is 1. The van der Waals surface area contributed by atoms with E-state index in [0.29, 0.717) is 6.61 Å². The van der Waals surface area contributed by atoms with Crippen LogP contribution in [0.4, 0.5) is 0 Å². The molecule has 1 saturated carbocycles. The maximum atomic E-state index is 12.8. The van der Waals surface area contributed by atoms with Crippen LogP contribution >= 0.6 is 0 Å². The van der Waals surface area contributed by atoms with Crippen molar-refractivity contribution in [2.45, 2.75) is 64.5 Å². The van der Waals surface area contributed by atoms with Gasteiger partial charge in [-0.1, -0.05) is 55.7 Å². The molecule has 1 fully saturated rings. The monoisotopic (exact) mass is 445 g/mol. The number of aryl methyl sites for hydroxylation is 1. The number of para-hydroxylation sites is 3. The Morgan fingerprint density at radius 2 is 1.94 bits per heavy atom. The second-order valence-electron chi connectivity index (χ2n) is 8.98. The Labute approximate surface area is 196 Å². The number of hydrogen-bond donors (Lipinski definition) is 1. The first-order valence-corrected chi connectivity index (χ1v) is 12.2. The van der Waals surface area contributed by atoms with Gasteiger partial charge in [0, 0.05) is 12.5 Å². The highest BCUT2D eigenvalue weighted by atomic mass is 16.5. The molecule has 1 aliphatic rings. The molecule has 174 valence electrons. The molecule has 1 aliphatic carbocycles. The first kappa shape index (κ1) is 23.1. The summed E-state index contributed by atoms with van der Waals surface area (Å²) >= 11 is 0. The van der Waals surface area contributed by atoms with Crippen LogP contribution in [0.25, 0.3) is 11.0 Å². The summed E-state index contributed by atoms with van der Waals surface area (Å²) < 4.78 is 8.33. The van der Waals surface area contributed by atoms with Crippen LogP contribution in [0.15, 0.2) is 61.2 Å². The van der Waals surface area contributed by atoms with Gasteiger partial charge in [-0.25, -0.2) is 4.98 Å². The highest BCUT2D eigenvalue weighted by Crippen LogP contribution is 2.26. The second kappa shape index (κ2) is 11.2. The van der Waals surface area contributed by atoms with Gasteiger partial charge < -0.3 is 14.6 Å². The van der Waals surface area contributed by atoms with E-state index in [4.69, 9.17) is 9.72 Å². The van der Waals surface area contributed by atoms with E-state index in [0.717, 1.165) is 73.2 Å². The number of benzene rings is 2. The van der Waals surface area contributed by atoms with Crippen molar-refractivity contribution in [3.63, 3.8) is 0 Å². The molecule has 1 N–H and O–H groups in total. The first-order chi connectivity index (χ1) is 16.2. The average molecular weight is 446 g/mol. The third-order valence-corrected chi connectivity index (χ3v) is 6.53. The van der Waals surface area contributed by atoms with Crippen molar-refractivity contribution in [2.75, 3.05) is 6.61 Å². The molecule has 1 heterocycles. The fourth-order valence-corrected chi connectivity index (χ4v) is 4.79. The highest BCUT2D eigenvalue weighted by molar-refractivity contribution is 5.80. The molecule has 5 heteroatoms. The number of carbonyl (C=O) groups is 1. The molecule has 1 amide bonds. The Morgan fingerprint density at radius 1 is 1.18 bits per heavy atom. The number of imidazole rings is 1. The lowest BCUT2D eigenvalue weighted by molar-refractivity contribution is -0.126. The lowest BCUT2D eigenvalue weighted by atomic mass is 9.88. The predicted molar refractivity (Wildman–Crippen MR) is 133 cm³/mol. The van der Waals surface area contributed by atoms with Gasteiger partial charge in [0.2, 0.25) is 5.91 Å². The maximum absolute atomic E-state index is 12.8. The number of aromatic nitrogens is 2. The van der Waals surface area contributed by atoms with Gasteiger partial charge in [0.05, 0.1) is 23.7 Å². The maximum Gasteiger partial charge on any atom is 0.223 e. The Kier molecular flexibility index (Phi) is 7.82. The fourth-order valence-electron chi connectivity index (χ4n) is 4.79. The standard InChI is InChI=1S/C28H35N3O2/c1-3-12-22-13-7-10-18-26(22)33-20-11-19-31-25-17-9-8-16-24(25)30-27(31)21(2)29-28(32)23-14-5-4-6-15-23/h3,7-10,13,16-18,21,23H,1,4-6,11-12,14-15,19-20H2,2H3,(H,29,32). The molecule has 1 aromatic heterocycles. The number of carbonyl (C=O) groups excluding carboxylic acids is 1. The molecule has 0 spiro atoms. The van der Waals surface area contributed by atoms with Crippen LogP contribution in [0, 0.1) is 5.92 Å². The lowest BCUT2D eigenvalue weighted by Gasteiger charge is -2.23. The van der Waals surface area contributed by atoms with E-state index in [9.17, 15) is 4.79 Å². The Bertz CT molecular complexity index is 1080. The summed E-state index contributed by atoms with van der Waals surface area (Å²) in [5.74, 6) is 2.14. The van der Waals surface area contributed by atoms with Crippen LogP contribution in [0.1, 0.15) is 62.9 Å².